The summed E-state index contributed by atoms with van der Waals surface area (Å²) in [5.41, 5.74) is 0. The molecule has 8 nitrogen and oxygen atoms in total. The zero-order chi connectivity index (χ0) is 16.0. The molecule has 120 valence electrons. The highest BCUT2D eigenvalue weighted by Gasteiger charge is 2.33. The van der Waals surface area contributed by atoms with Crippen molar-refractivity contribution in [3.8, 4) is 0 Å². The zero-order valence-corrected chi connectivity index (χ0v) is 12.6. The number of methoxy groups -OCH3 is 1. The third-order valence-corrected chi connectivity index (χ3v) is 3.48. The van der Waals surface area contributed by atoms with Crippen LogP contribution in [0, 0.1) is 0 Å². The molecular formula is C13H22N2O6. The van der Waals surface area contributed by atoms with Gasteiger partial charge in [-0.15, -0.1) is 0 Å². The van der Waals surface area contributed by atoms with Crippen LogP contribution < -0.4 is 0 Å². The molecule has 0 spiro atoms. The number of ether oxygens (including phenoxy) is 2. The van der Waals surface area contributed by atoms with Gasteiger partial charge in [-0.3, -0.25) is 4.79 Å². The first-order valence-corrected chi connectivity index (χ1v) is 6.87. The Morgan fingerprint density at radius 1 is 1.48 bits per heavy atom. The minimum atomic E-state index is -1.07. The summed E-state index contributed by atoms with van der Waals surface area (Å²) >= 11 is 0. The molecular weight excluding hydrogens is 280 g/mol. The van der Waals surface area contributed by atoms with Gasteiger partial charge in [0.15, 0.2) is 6.10 Å². The van der Waals surface area contributed by atoms with Crippen molar-refractivity contribution < 1.29 is 29.0 Å². The number of amides is 2. The number of urea groups is 1. The van der Waals surface area contributed by atoms with E-state index in [-0.39, 0.29) is 25.7 Å². The van der Waals surface area contributed by atoms with Crippen LogP contribution in [0.3, 0.4) is 0 Å². The molecule has 2 atom stereocenters. The number of hydrogen-bond donors (Lipinski definition) is 1. The van der Waals surface area contributed by atoms with Crippen LogP contribution in [0.5, 0.6) is 0 Å². The third-order valence-electron chi connectivity index (χ3n) is 3.48. The second kappa shape index (κ2) is 7.82. The quantitative estimate of drug-likeness (QED) is 0.727. The SMILES string of the molecule is CCC(C)N(CC(=O)O)C(=O)N1CCOC(C(=O)OC)C1. The van der Waals surface area contributed by atoms with Crippen molar-refractivity contribution in [1.29, 1.82) is 0 Å². The van der Waals surface area contributed by atoms with Crippen molar-refractivity contribution in [3.63, 3.8) is 0 Å². The van der Waals surface area contributed by atoms with Gasteiger partial charge in [0.2, 0.25) is 0 Å². The Kier molecular flexibility index (Phi) is 6.41. The van der Waals surface area contributed by atoms with Gasteiger partial charge in [0.1, 0.15) is 6.54 Å². The van der Waals surface area contributed by atoms with E-state index in [2.05, 4.69) is 4.74 Å². The topological polar surface area (TPSA) is 96.4 Å². The lowest BCUT2D eigenvalue weighted by molar-refractivity contribution is -0.158. The van der Waals surface area contributed by atoms with Crippen LogP contribution in [-0.2, 0) is 19.1 Å². The van der Waals surface area contributed by atoms with Crippen LogP contribution in [0.2, 0.25) is 0 Å². The Balaban J connectivity index is 2.77. The summed E-state index contributed by atoms with van der Waals surface area (Å²) in [7, 11) is 1.25. The number of nitrogens with zero attached hydrogens (tertiary/aromatic N) is 2. The second-order valence-electron chi connectivity index (χ2n) is 4.89. The predicted molar refractivity (Wildman–Crippen MR) is 72.8 cm³/mol. The molecule has 1 saturated heterocycles. The highest BCUT2D eigenvalue weighted by molar-refractivity contribution is 5.82. The fourth-order valence-electron chi connectivity index (χ4n) is 2.06. The Morgan fingerprint density at radius 2 is 2.14 bits per heavy atom. The van der Waals surface area contributed by atoms with Crippen LogP contribution in [0.4, 0.5) is 4.79 Å². The minimum Gasteiger partial charge on any atom is -0.480 e. The fraction of sp³-hybridized carbons (Fsp3) is 0.769. The van der Waals surface area contributed by atoms with Crippen LogP contribution in [0.25, 0.3) is 0 Å². The summed E-state index contributed by atoms with van der Waals surface area (Å²) in [5.74, 6) is -1.61. The molecule has 0 radical (unpaired) electrons. The fourth-order valence-corrected chi connectivity index (χ4v) is 2.06. The van der Waals surface area contributed by atoms with E-state index >= 15 is 0 Å². The maximum atomic E-state index is 12.5. The van der Waals surface area contributed by atoms with Crippen molar-refractivity contribution in [2.75, 3.05) is 33.4 Å². The summed E-state index contributed by atoms with van der Waals surface area (Å²) in [6, 6.07) is -0.600. The van der Waals surface area contributed by atoms with Gasteiger partial charge in [-0.05, 0) is 13.3 Å². The lowest BCUT2D eigenvalue weighted by atomic mass is 10.2. The molecule has 1 heterocycles. The van der Waals surface area contributed by atoms with Gasteiger partial charge in [-0.1, -0.05) is 6.92 Å². The third kappa shape index (κ3) is 4.59. The van der Waals surface area contributed by atoms with Gasteiger partial charge in [0.25, 0.3) is 0 Å². The maximum absolute atomic E-state index is 12.5. The predicted octanol–water partition coefficient (Wildman–Crippen LogP) is 0.165. The first-order chi connectivity index (χ1) is 9.90. The largest absolute Gasteiger partial charge is 0.480 e. The van der Waals surface area contributed by atoms with E-state index in [1.807, 2.05) is 6.92 Å². The molecule has 0 aromatic carbocycles. The number of rotatable bonds is 5. The molecule has 8 heteroatoms. The summed E-state index contributed by atoms with van der Waals surface area (Å²) in [6.07, 6.45) is -0.180. The summed E-state index contributed by atoms with van der Waals surface area (Å²) < 4.78 is 9.86. The van der Waals surface area contributed by atoms with E-state index in [4.69, 9.17) is 9.84 Å². The molecule has 1 rings (SSSR count). The number of carbonyl (C=O) groups excluding carboxylic acids is 2. The zero-order valence-electron chi connectivity index (χ0n) is 12.6. The highest BCUT2D eigenvalue weighted by Crippen LogP contribution is 2.13. The molecule has 1 aliphatic heterocycles. The number of esters is 1. The van der Waals surface area contributed by atoms with E-state index in [0.717, 1.165) is 0 Å². The summed E-state index contributed by atoms with van der Waals surface area (Å²) in [6.45, 7) is 3.90. The average molecular weight is 302 g/mol. The summed E-state index contributed by atoms with van der Waals surface area (Å²) in [5, 5.41) is 8.94. The molecule has 0 saturated carbocycles. The molecule has 21 heavy (non-hydrogen) atoms. The Morgan fingerprint density at radius 3 is 2.67 bits per heavy atom. The molecule has 0 bridgehead atoms. The van der Waals surface area contributed by atoms with Gasteiger partial charge >= 0.3 is 18.0 Å². The standard InChI is InChI=1S/C13H22N2O6/c1-4-9(2)15(8-11(16)17)13(19)14-5-6-21-10(7-14)12(18)20-3/h9-10H,4-8H2,1-3H3,(H,16,17). The second-order valence-corrected chi connectivity index (χ2v) is 4.89. The number of carboxylic acids is 1. The van der Waals surface area contributed by atoms with E-state index in [0.29, 0.717) is 13.0 Å². The normalized spacial score (nSPS) is 19.8. The lowest BCUT2D eigenvalue weighted by Crippen LogP contribution is -2.55. The Labute approximate surface area is 123 Å². The van der Waals surface area contributed by atoms with Crippen molar-refractivity contribution >= 4 is 18.0 Å². The van der Waals surface area contributed by atoms with Crippen molar-refractivity contribution in [2.24, 2.45) is 0 Å². The van der Waals surface area contributed by atoms with Crippen LogP contribution in [0.1, 0.15) is 20.3 Å². The molecule has 1 N–H and O–H groups in total. The monoisotopic (exact) mass is 302 g/mol. The van der Waals surface area contributed by atoms with Crippen molar-refractivity contribution in [3.05, 3.63) is 0 Å². The van der Waals surface area contributed by atoms with Crippen LogP contribution in [0.15, 0.2) is 0 Å². The van der Waals surface area contributed by atoms with E-state index in [9.17, 15) is 14.4 Å². The van der Waals surface area contributed by atoms with E-state index in [1.165, 1.54) is 16.9 Å². The van der Waals surface area contributed by atoms with Crippen molar-refractivity contribution in [1.82, 2.24) is 9.80 Å². The number of carboxylic acid groups (broad SMARTS) is 1. The smallest absolute Gasteiger partial charge is 0.336 e. The minimum absolute atomic E-state index is 0.0675. The Bertz CT molecular complexity index is 400. The highest BCUT2D eigenvalue weighted by atomic mass is 16.6. The van der Waals surface area contributed by atoms with Crippen LogP contribution in [-0.4, -0.2) is 78.4 Å². The van der Waals surface area contributed by atoms with Gasteiger partial charge in [0, 0.05) is 12.6 Å². The molecule has 2 unspecified atom stereocenters. The number of aliphatic carboxylic acids is 1. The average Bonchev–Trinajstić information content (AvgIpc) is 2.50. The molecule has 2 amide bonds. The molecule has 0 aromatic heterocycles. The van der Waals surface area contributed by atoms with Crippen molar-refractivity contribution in [2.45, 2.75) is 32.4 Å². The lowest BCUT2D eigenvalue weighted by Gasteiger charge is -2.37. The van der Waals surface area contributed by atoms with Gasteiger partial charge in [0.05, 0.1) is 20.3 Å². The Hall–Kier alpha value is -1.83. The number of hydrogen-bond acceptors (Lipinski definition) is 5. The number of carbonyl (C=O) groups is 3. The van der Waals surface area contributed by atoms with E-state index < -0.39 is 24.1 Å². The van der Waals surface area contributed by atoms with Crippen LogP contribution >= 0.6 is 0 Å². The van der Waals surface area contributed by atoms with Gasteiger partial charge in [-0.25, -0.2) is 9.59 Å². The van der Waals surface area contributed by atoms with Gasteiger partial charge in [-0.2, -0.15) is 0 Å². The first kappa shape index (κ1) is 17.2. The number of morpholine rings is 1. The molecule has 1 aliphatic rings. The van der Waals surface area contributed by atoms with Gasteiger partial charge < -0.3 is 24.4 Å². The van der Waals surface area contributed by atoms with E-state index in [1.54, 1.807) is 6.92 Å². The molecule has 0 aliphatic carbocycles. The molecule has 0 aromatic rings. The molecule has 1 fully saturated rings. The first-order valence-electron chi connectivity index (χ1n) is 6.87. The summed E-state index contributed by atoms with van der Waals surface area (Å²) in [4.78, 5) is 37.6. The maximum Gasteiger partial charge on any atom is 0.336 e.